The number of carbonyl (C=O) groups excluding carboxylic acids is 1. The molecule has 1 fully saturated rings. The molecule has 184 valence electrons. The second-order valence-electron chi connectivity index (χ2n) is 9.75. The van der Waals surface area contributed by atoms with Gasteiger partial charge in [0, 0.05) is 37.2 Å². The zero-order valence-corrected chi connectivity index (χ0v) is 20.5. The first-order valence-electron chi connectivity index (χ1n) is 12.3. The van der Waals surface area contributed by atoms with Gasteiger partial charge in [0.05, 0.1) is 29.6 Å². The molecular weight excluding hydrogens is 454 g/mol. The lowest BCUT2D eigenvalue weighted by Crippen LogP contribution is -2.38. The second kappa shape index (κ2) is 9.50. The molecule has 5 rings (SSSR count). The van der Waals surface area contributed by atoms with Gasteiger partial charge in [0.2, 0.25) is 0 Å². The Balaban J connectivity index is 1.34. The number of aromatic amines is 1. The lowest BCUT2D eigenvalue weighted by Gasteiger charge is -2.32. The van der Waals surface area contributed by atoms with Crippen molar-refractivity contribution >= 4 is 12.0 Å². The fourth-order valence-corrected chi connectivity index (χ4v) is 5.34. The van der Waals surface area contributed by atoms with E-state index in [4.69, 9.17) is 10.2 Å². The van der Waals surface area contributed by atoms with Gasteiger partial charge < -0.3 is 19.9 Å². The quantitative estimate of drug-likeness (QED) is 0.564. The Morgan fingerprint density at radius 2 is 1.78 bits per heavy atom. The number of piperidine rings is 1. The number of nitriles is 1. The molecule has 2 aliphatic rings. The Morgan fingerprint density at radius 3 is 2.44 bits per heavy atom. The highest BCUT2D eigenvalue weighted by atomic mass is 16.4. The standard InChI is InChI=1S/C28H29N5O3/c1-17-13-18(2)23(14-22(17)26-30-24-9-12-33(28(35)36)16-25(24)31-26)27(34)32-10-7-21(8-11-32)20-5-3-19(15-29)4-6-20/h3-6,13-14,21H,7-12,16H2,1-2H3,(H,30,31)(H,35,36). The highest BCUT2D eigenvalue weighted by molar-refractivity contribution is 5.97. The van der Waals surface area contributed by atoms with Gasteiger partial charge in [0.15, 0.2) is 0 Å². The molecule has 0 unspecified atom stereocenters. The van der Waals surface area contributed by atoms with Gasteiger partial charge in [-0.3, -0.25) is 4.79 Å². The predicted octanol–water partition coefficient (Wildman–Crippen LogP) is 4.62. The summed E-state index contributed by atoms with van der Waals surface area (Å²) in [4.78, 5) is 36.3. The maximum absolute atomic E-state index is 13.5. The van der Waals surface area contributed by atoms with Crippen LogP contribution in [0.5, 0.6) is 0 Å². The fourth-order valence-electron chi connectivity index (χ4n) is 5.34. The number of carboxylic acid groups (broad SMARTS) is 1. The summed E-state index contributed by atoms with van der Waals surface area (Å²) in [5.74, 6) is 1.09. The van der Waals surface area contributed by atoms with E-state index in [1.165, 1.54) is 10.5 Å². The number of hydrogen-bond donors (Lipinski definition) is 2. The van der Waals surface area contributed by atoms with Crippen molar-refractivity contribution in [1.82, 2.24) is 19.8 Å². The summed E-state index contributed by atoms with van der Waals surface area (Å²) in [5, 5.41) is 18.3. The van der Waals surface area contributed by atoms with E-state index in [9.17, 15) is 14.7 Å². The number of nitrogens with zero attached hydrogens (tertiary/aromatic N) is 4. The lowest BCUT2D eigenvalue weighted by atomic mass is 9.88. The van der Waals surface area contributed by atoms with Crippen LogP contribution >= 0.6 is 0 Å². The van der Waals surface area contributed by atoms with Crippen LogP contribution in [0.3, 0.4) is 0 Å². The number of likely N-dealkylation sites (tertiary alicyclic amines) is 1. The number of amides is 2. The fraction of sp³-hybridized carbons (Fsp3) is 0.357. The van der Waals surface area contributed by atoms with Crippen LogP contribution in [0.4, 0.5) is 4.79 Å². The molecule has 0 aliphatic carbocycles. The lowest BCUT2D eigenvalue weighted by molar-refractivity contribution is 0.0712. The van der Waals surface area contributed by atoms with Crippen molar-refractivity contribution in [2.45, 2.75) is 45.6 Å². The van der Waals surface area contributed by atoms with E-state index in [0.29, 0.717) is 55.5 Å². The van der Waals surface area contributed by atoms with Crippen LogP contribution in [0.2, 0.25) is 0 Å². The van der Waals surface area contributed by atoms with Gasteiger partial charge in [-0.15, -0.1) is 0 Å². The summed E-state index contributed by atoms with van der Waals surface area (Å²) >= 11 is 0. The predicted molar refractivity (Wildman–Crippen MR) is 135 cm³/mol. The van der Waals surface area contributed by atoms with Crippen LogP contribution in [0, 0.1) is 25.2 Å². The van der Waals surface area contributed by atoms with E-state index in [1.54, 1.807) is 0 Å². The molecule has 0 atom stereocenters. The Hall–Kier alpha value is -4.12. The third-order valence-corrected chi connectivity index (χ3v) is 7.45. The molecular formula is C28H29N5O3. The topological polar surface area (TPSA) is 113 Å². The largest absolute Gasteiger partial charge is 0.465 e. The van der Waals surface area contributed by atoms with E-state index < -0.39 is 6.09 Å². The second-order valence-corrected chi connectivity index (χ2v) is 9.75. The number of imidazole rings is 1. The summed E-state index contributed by atoms with van der Waals surface area (Å²) < 4.78 is 0. The molecule has 0 radical (unpaired) electrons. The molecule has 1 aromatic heterocycles. The third-order valence-electron chi connectivity index (χ3n) is 7.45. The summed E-state index contributed by atoms with van der Waals surface area (Å²) in [6, 6.07) is 13.9. The molecule has 2 aromatic carbocycles. The van der Waals surface area contributed by atoms with Crippen LogP contribution in [0.1, 0.15) is 62.8 Å². The first-order valence-corrected chi connectivity index (χ1v) is 12.3. The monoisotopic (exact) mass is 483 g/mol. The van der Waals surface area contributed by atoms with Crippen molar-refractivity contribution in [1.29, 1.82) is 5.26 Å². The SMILES string of the molecule is Cc1cc(C)c(-c2nc3c([nH]2)CN(C(=O)O)CC3)cc1C(=O)N1CCC(c2ccc(C#N)cc2)CC1. The van der Waals surface area contributed by atoms with Crippen LogP contribution in [0.25, 0.3) is 11.4 Å². The minimum absolute atomic E-state index is 0.0281. The minimum atomic E-state index is -0.931. The van der Waals surface area contributed by atoms with Gasteiger partial charge in [0.1, 0.15) is 5.82 Å². The average molecular weight is 484 g/mol. The molecule has 0 spiro atoms. The van der Waals surface area contributed by atoms with Gasteiger partial charge in [-0.25, -0.2) is 9.78 Å². The van der Waals surface area contributed by atoms with Crippen molar-refractivity contribution in [3.8, 4) is 17.5 Å². The summed E-state index contributed by atoms with van der Waals surface area (Å²) in [6.45, 7) is 6.07. The highest BCUT2D eigenvalue weighted by Gasteiger charge is 2.27. The molecule has 36 heavy (non-hydrogen) atoms. The number of carbonyl (C=O) groups is 2. The van der Waals surface area contributed by atoms with Crippen LogP contribution in [-0.4, -0.2) is 56.5 Å². The summed E-state index contributed by atoms with van der Waals surface area (Å²) in [5.41, 5.74) is 7.08. The first-order chi connectivity index (χ1) is 17.3. The number of hydrogen-bond acceptors (Lipinski definition) is 4. The zero-order valence-electron chi connectivity index (χ0n) is 20.5. The van der Waals surface area contributed by atoms with E-state index >= 15 is 0 Å². The molecule has 1 saturated heterocycles. The molecule has 2 N–H and O–H groups in total. The maximum Gasteiger partial charge on any atom is 0.407 e. The Kier molecular flexibility index (Phi) is 6.23. The number of rotatable bonds is 3. The van der Waals surface area contributed by atoms with Crippen molar-refractivity contribution in [3.05, 3.63) is 75.6 Å². The number of fused-ring (bicyclic) bond motifs is 1. The van der Waals surface area contributed by atoms with Crippen LogP contribution < -0.4 is 0 Å². The molecule has 8 heteroatoms. The molecule has 3 heterocycles. The number of H-pyrrole nitrogens is 1. The summed E-state index contributed by atoms with van der Waals surface area (Å²) in [7, 11) is 0. The van der Waals surface area contributed by atoms with Crippen molar-refractivity contribution < 1.29 is 14.7 Å². The number of aromatic nitrogens is 2. The van der Waals surface area contributed by atoms with Crippen LogP contribution in [-0.2, 0) is 13.0 Å². The molecule has 2 amide bonds. The van der Waals surface area contributed by atoms with E-state index in [2.05, 4.69) is 11.1 Å². The van der Waals surface area contributed by atoms with Gasteiger partial charge in [0.25, 0.3) is 5.91 Å². The Labute approximate surface area is 210 Å². The molecule has 3 aromatic rings. The highest BCUT2D eigenvalue weighted by Crippen LogP contribution is 2.31. The molecule has 0 bridgehead atoms. The van der Waals surface area contributed by atoms with E-state index in [0.717, 1.165) is 40.9 Å². The molecule has 8 nitrogen and oxygen atoms in total. The van der Waals surface area contributed by atoms with Gasteiger partial charge in [-0.05, 0) is 67.5 Å². The maximum atomic E-state index is 13.5. The van der Waals surface area contributed by atoms with Gasteiger partial charge in [-0.1, -0.05) is 18.2 Å². The molecule has 0 saturated carbocycles. The number of nitrogens with one attached hydrogen (secondary N) is 1. The van der Waals surface area contributed by atoms with Crippen molar-refractivity contribution in [3.63, 3.8) is 0 Å². The van der Waals surface area contributed by atoms with Crippen molar-refractivity contribution in [2.24, 2.45) is 0 Å². The number of aryl methyl sites for hydroxylation is 2. The van der Waals surface area contributed by atoms with Crippen LogP contribution in [0.15, 0.2) is 36.4 Å². The van der Waals surface area contributed by atoms with Gasteiger partial charge >= 0.3 is 6.09 Å². The number of benzene rings is 2. The zero-order chi connectivity index (χ0) is 25.4. The van der Waals surface area contributed by atoms with Crippen molar-refractivity contribution in [2.75, 3.05) is 19.6 Å². The average Bonchev–Trinajstić information content (AvgIpc) is 3.31. The minimum Gasteiger partial charge on any atom is -0.465 e. The smallest absolute Gasteiger partial charge is 0.407 e. The normalized spacial score (nSPS) is 15.9. The molecule has 2 aliphatic heterocycles. The van der Waals surface area contributed by atoms with Gasteiger partial charge in [-0.2, -0.15) is 5.26 Å². The van der Waals surface area contributed by atoms with E-state index in [-0.39, 0.29) is 5.91 Å². The first kappa shape index (κ1) is 23.6. The Bertz CT molecular complexity index is 1360. The Morgan fingerprint density at radius 1 is 1.06 bits per heavy atom. The summed E-state index contributed by atoms with van der Waals surface area (Å²) in [6.07, 6.45) is 1.42. The third kappa shape index (κ3) is 4.44. The van der Waals surface area contributed by atoms with E-state index in [1.807, 2.05) is 55.1 Å².